The van der Waals surface area contributed by atoms with Gasteiger partial charge in [0.1, 0.15) is 35.6 Å². The number of allylic oxidation sites excluding steroid dienone is 1. The van der Waals surface area contributed by atoms with E-state index in [0.29, 0.717) is 47.1 Å². The summed E-state index contributed by atoms with van der Waals surface area (Å²) in [5, 5.41) is 24.8. The largest absolute Gasteiger partial charge is 0.489 e. The van der Waals surface area contributed by atoms with Crippen molar-refractivity contribution in [3.8, 4) is 23.0 Å². The molecule has 1 amide bonds. The Kier molecular flexibility index (Phi) is 14.5. The van der Waals surface area contributed by atoms with Crippen LogP contribution >= 0.6 is 0 Å². The first-order valence-corrected chi connectivity index (χ1v) is 21.9. The zero-order valence-electron chi connectivity index (χ0n) is 36.4. The standard InChI is InChI=1S/C49H61FN2O10/c1-6-24-60-49-44(52(47(55)56-7-2)29-32-18-20-42-43(25-32)59-31-58-42)28-40(51-62-48(3,4)5)37-26-33(14-10-12-22-53)36(16-11-13-23-54)45(46(37)49)38-27-35(19-21-41(38)61-49)57-30-34-15-8-9-17-39(34)50/h6,8-9,15,17-21,25-27,33,36,44-46,53-54H,1,7,10-14,16,22-24,28-31H2,2-5H3. The summed E-state index contributed by atoms with van der Waals surface area (Å²) in [7, 11) is 0. The molecule has 0 aromatic heterocycles. The second-order valence-corrected chi connectivity index (χ2v) is 17.4. The van der Waals surface area contributed by atoms with Crippen LogP contribution in [0.15, 0.2) is 90.1 Å². The van der Waals surface area contributed by atoms with E-state index in [2.05, 4.69) is 12.7 Å². The number of unbranched alkanes of at least 4 members (excludes halogenated alkanes) is 2. The number of carbonyl (C=O) groups excluding carboxylic acids is 1. The van der Waals surface area contributed by atoms with Crippen molar-refractivity contribution in [3.63, 3.8) is 0 Å². The number of aliphatic hydroxyl groups is 2. The molecule has 2 aliphatic heterocycles. The lowest BCUT2D eigenvalue weighted by atomic mass is 9.55. The van der Waals surface area contributed by atoms with Gasteiger partial charge in [-0.15, -0.1) is 6.58 Å². The molecule has 0 bridgehead atoms. The van der Waals surface area contributed by atoms with Gasteiger partial charge >= 0.3 is 6.09 Å². The Morgan fingerprint density at radius 2 is 1.76 bits per heavy atom. The molecule has 12 nitrogen and oxygen atoms in total. The van der Waals surface area contributed by atoms with Gasteiger partial charge in [-0.1, -0.05) is 54.4 Å². The van der Waals surface area contributed by atoms with Crippen LogP contribution in [0.25, 0.3) is 0 Å². The summed E-state index contributed by atoms with van der Waals surface area (Å²) in [6.07, 6.45) is 8.03. The number of fused-ring (bicyclic) bond motifs is 3. The molecule has 13 heteroatoms. The van der Waals surface area contributed by atoms with Gasteiger partial charge in [0.05, 0.1) is 24.8 Å². The molecule has 334 valence electrons. The van der Waals surface area contributed by atoms with Crippen LogP contribution in [0.4, 0.5) is 9.18 Å². The van der Waals surface area contributed by atoms with E-state index in [1.807, 2.05) is 57.2 Å². The fraction of sp³-hybridized carbons (Fsp3) is 0.510. The highest BCUT2D eigenvalue weighted by molar-refractivity contribution is 6.03. The summed E-state index contributed by atoms with van der Waals surface area (Å²) >= 11 is 0. The lowest BCUT2D eigenvalue weighted by Gasteiger charge is -2.60. The minimum absolute atomic E-state index is 0.00129. The van der Waals surface area contributed by atoms with E-state index in [-0.39, 0.29) is 76.4 Å². The number of hydrogen-bond acceptors (Lipinski definition) is 11. The lowest BCUT2D eigenvalue weighted by Crippen LogP contribution is -2.70. The smallest absolute Gasteiger partial charge is 0.410 e. The van der Waals surface area contributed by atoms with Gasteiger partial charge in [-0.2, -0.15) is 0 Å². The molecule has 0 saturated heterocycles. The van der Waals surface area contributed by atoms with Crippen molar-refractivity contribution in [1.29, 1.82) is 0 Å². The molecule has 6 atom stereocenters. The van der Waals surface area contributed by atoms with Crippen molar-refractivity contribution in [1.82, 2.24) is 4.90 Å². The van der Waals surface area contributed by atoms with E-state index in [1.165, 1.54) is 6.07 Å². The maximum atomic E-state index is 14.8. The van der Waals surface area contributed by atoms with E-state index in [0.717, 1.165) is 42.4 Å². The van der Waals surface area contributed by atoms with Crippen LogP contribution in [-0.2, 0) is 27.5 Å². The Balaban J connectivity index is 1.44. The highest BCUT2D eigenvalue weighted by Gasteiger charge is 2.65. The fourth-order valence-corrected chi connectivity index (χ4v) is 9.45. The maximum absolute atomic E-state index is 14.8. The van der Waals surface area contributed by atoms with Crippen LogP contribution in [0, 0.1) is 23.6 Å². The van der Waals surface area contributed by atoms with Crippen molar-refractivity contribution in [2.45, 2.75) is 109 Å². The van der Waals surface area contributed by atoms with Gasteiger partial charge in [0.15, 0.2) is 11.5 Å². The summed E-state index contributed by atoms with van der Waals surface area (Å²) in [4.78, 5) is 22.4. The number of oxime groups is 1. The Bertz CT molecular complexity index is 2100. The third-order valence-electron chi connectivity index (χ3n) is 12.1. The molecule has 7 rings (SSSR count). The summed E-state index contributed by atoms with van der Waals surface area (Å²) in [5.41, 5.74) is 3.04. The van der Waals surface area contributed by atoms with Crippen molar-refractivity contribution < 1.29 is 52.7 Å². The normalized spacial score (nSPS) is 24.0. The van der Waals surface area contributed by atoms with Crippen LogP contribution in [-0.4, -0.2) is 77.6 Å². The van der Waals surface area contributed by atoms with Gasteiger partial charge in [-0.25, -0.2) is 9.18 Å². The van der Waals surface area contributed by atoms with E-state index >= 15 is 0 Å². The summed E-state index contributed by atoms with van der Waals surface area (Å²) < 4.78 is 52.7. The first-order chi connectivity index (χ1) is 30.0. The minimum atomic E-state index is -1.50. The molecule has 62 heavy (non-hydrogen) atoms. The molecule has 4 aliphatic rings. The molecule has 3 aromatic rings. The number of rotatable bonds is 19. The molecule has 6 unspecified atom stereocenters. The third kappa shape index (κ3) is 9.75. The lowest BCUT2D eigenvalue weighted by molar-refractivity contribution is -0.256. The monoisotopic (exact) mass is 856 g/mol. The Morgan fingerprint density at radius 3 is 2.50 bits per heavy atom. The van der Waals surface area contributed by atoms with Crippen LogP contribution in [0.1, 0.15) is 95.2 Å². The number of amides is 1. The van der Waals surface area contributed by atoms with Crippen molar-refractivity contribution in [2.75, 3.05) is 33.2 Å². The molecule has 0 spiro atoms. The molecule has 1 fully saturated rings. The van der Waals surface area contributed by atoms with Crippen LogP contribution in [0.2, 0.25) is 0 Å². The summed E-state index contributed by atoms with van der Waals surface area (Å²) in [6.45, 7) is 12.3. The molecular weight excluding hydrogens is 796 g/mol. The number of hydrogen-bond donors (Lipinski definition) is 2. The molecule has 2 aliphatic carbocycles. The predicted molar refractivity (Wildman–Crippen MR) is 232 cm³/mol. The van der Waals surface area contributed by atoms with Crippen LogP contribution < -0.4 is 18.9 Å². The first-order valence-electron chi connectivity index (χ1n) is 21.9. The quantitative estimate of drug-likeness (QED) is 0.0682. The van der Waals surface area contributed by atoms with Gasteiger partial charge in [-0.05, 0) is 113 Å². The number of carbonyl (C=O) groups is 1. The number of ether oxygens (including phenoxy) is 6. The Labute approximate surface area is 364 Å². The van der Waals surface area contributed by atoms with Gasteiger partial charge in [0.25, 0.3) is 0 Å². The number of halogens is 1. The van der Waals surface area contributed by atoms with Crippen molar-refractivity contribution in [3.05, 3.63) is 107 Å². The van der Waals surface area contributed by atoms with Crippen molar-refractivity contribution >= 4 is 11.8 Å². The van der Waals surface area contributed by atoms with Crippen molar-refractivity contribution in [2.24, 2.45) is 22.9 Å². The molecule has 2 heterocycles. The zero-order chi connectivity index (χ0) is 43.9. The average Bonchev–Trinajstić information content (AvgIpc) is 3.73. The van der Waals surface area contributed by atoms with Gasteiger partial charge in [-0.3, -0.25) is 4.90 Å². The third-order valence-corrected chi connectivity index (χ3v) is 12.1. The van der Waals surface area contributed by atoms with E-state index in [4.69, 9.17) is 38.4 Å². The predicted octanol–water partition coefficient (Wildman–Crippen LogP) is 9.22. The Hall–Kier alpha value is -5.11. The average molecular weight is 857 g/mol. The van der Waals surface area contributed by atoms with Crippen LogP contribution in [0.3, 0.4) is 0 Å². The molecule has 0 radical (unpaired) electrons. The summed E-state index contributed by atoms with van der Waals surface area (Å²) in [6, 6.07) is 17.0. The molecular formula is C49H61FN2O10. The molecule has 3 aromatic carbocycles. The number of nitrogens with zero attached hydrogens (tertiary/aromatic N) is 2. The fourth-order valence-electron chi connectivity index (χ4n) is 9.45. The zero-order valence-corrected chi connectivity index (χ0v) is 36.4. The van der Waals surface area contributed by atoms with E-state index < -0.39 is 29.4 Å². The van der Waals surface area contributed by atoms with Gasteiger partial charge < -0.3 is 43.5 Å². The molecule has 1 saturated carbocycles. The highest BCUT2D eigenvalue weighted by atomic mass is 19.1. The second-order valence-electron chi connectivity index (χ2n) is 17.4. The topological polar surface area (TPSA) is 138 Å². The SMILES string of the molecule is C=CCOC12Oc3ccc(OCc4ccccc4F)cc3C3C(CCCCO)C(CCCCO)C=C(C(=NOC(C)(C)C)CC1N(Cc1ccc4c(c1)OCO4)C(=O)OCC)C32. The molecule has 2 N–H and O–H groups in total. The summed E-state index contributed by atoms with van der Waals surface area (Å²) in [5.74, 6) is -0.312. The number of benzene rings is 3. The minimum Gasteiger partial charge on any atom is -0.489 e. The first kappa shape index (κ1) is 44.9. The van der Waals surface area contributed by atoms with Crippen LogP contribution in [0.5, 0.6) is 23.0 Å². The van der Waals surface area contributed by atoms with Gasteiger partial charge in [0, 0.05) is 43.2 Å². The van der Waals surface area contributed by atoms with E-state index in [9.17, 15) is 19.4 Å². The van der Waals surface area contributed by atoms with Gasteiger partial charge in [0.2, 0.25) is 12.6 Å². The Morgan fingerprint density at radius 1 is 1.00 bits per heavy atom. The van der Waals surface area contributed by atoms with E-state index in [1.54, 1.807) is 36.1 Å². The number of aliphatic hydroxyl groups excluding tert-OH is 2. The maximum Gasteiger partial charge on any atom is 0.410 e. The second kappa shape index (κ2) is 19.9. The highest BCUT2D eigenvalue weighted by Crippen LogP contribution is 2.62.